The van der Waals surface area contributed by atoms with Gasteiger partial charge in [0, 0.05) is 42.7 Å². The number of alkyl halides is 4. The maximum absolute atomic E-state index is 14.7. The third kappa shape index (κ3) is 7.44. The van der Waals surface area contributed by atoms with Crippen molar-refractivity contribution in [3.05, 3.63) is 53.9 Å². The van der Waals surface area contributed by atoms with Gasteiger partial charge in [-0.3, -0.25) is 14.1 Å². The number of benzene rings is 1. The maximum atomic E-state index is 14.7. The molecule has 1 aliphatic heterocycles. The number of halogens is 4. The van der Waals surface area contributed by atoms with Crippen molar-refractivity contribution in [3.8, 4) is 17.6 Å². The number of thioether (sulfide) groups is 1. The van der Waals surface area contributed by atoms with Crippen molar-refractivity contribution in [2.45, 2.75) is 48.1 Å². The fourth-order valence-electron chi connectivity index (χ4n) is 4.68. The van der Waals surface area contributed by atoms with Crippen LogP contribution in [0.5, 0.6) is 5.75 Å². The number of nitrogens with two attached hydrogens (primary N) is 1. The normalized spacial score (nSPS) is 19.7. The molecule has 1 aliphatic carbocycles. The number of likely N-dealkylation sites (tertiary alicyclic amines) is 1. The van der Waals surface area contributed by atoms with Gasteiger partial charge in [-0.15, -0.1) is 0 Å². The first-order valence-corrected chi connectivity index (χ1v) is 14.0. The Kier molecular flexibility index (Phi) is 8.63. The predicted molar refractivity (Wildman–Crippen MR) is 149 cm³/mol. The summed E-state index contributed by atoms with van der Waals surface area (Å²) in [4.78, 5) is 19.6. The van der Waals surface area contributed by atoms with Gasteiger partial charge in [-0.25, -0.2) is 9.37 Å². The molecule has 41 heavy (non-hydrogen) atoms. The fourth-order valence-corrected chi connectivity index (χ4v) is 5.34. The first-order valence-electron chi connectivity index (χ1n) is 13.2. The number of aromatic nitrogens is 2. The van der Waals surface area contributed by atoms with Crippen molar-refractivity contribution in [1.82, 2.24) is 19.2 Å². The Hall–Kier alpha value is -3.47. The van der Waals surface area contributed by atoms with E-state index >= 15 is 0 Å². The molecule has 2 aromatic heterocycles. The standard InChI is InChI=1S/C28H30F4N6O2S/c1-36-15-12-22(21(29)16-36)34-23-4-3-14-38-26(23)35-24(27(38)41-28(30,31)32)5-2-13-37(19-8-9-19)17-40-20-10-6-18(7-11-20)25(33)39/h3-4,6-7,10-11,14,19,21-22,34H,8-9,12-13,15-17H2,1H3,(H2,33,39)/t21-,22+/m0/s1. The Morgan fingerprint density at radius 1 is 1.24 bits per heavy atom. The molecule has 3 N–H and O–H groups in total. The highest BCUT2D eigenvalue weighted by Gasteiger charge is 2.34. The van der Waals surface area contributed by atoms with Crippen molar-refractivity contribution >= 4 is 29.0 Å². The lowest BCUT2D eigenvalue weighted by Gasteiger charge is -2.33. The average molecular weight is 591 g/mol. The summed E-state index contributed by atoms with van der Waals surface area (Å²) < 4.78 is 62.5. The number of nitrogens with one attached hydrogen (secondary N) is 1. The van der Waals surface area contributed by atoms with Crippen LogP contribution in [0.4, 0.5) is 23.2 Å². The van der Waals surface area contributed by atoms with Crippen LogP contribution in [0.2, 0.25) is 0 Å². The van der Waals surface area contributed by atoms with Gasteiger partial charge in [-0.2, -0.15) is 13.2 Å². The second-order valence-corrected chi connectivity index (χ2v) is 11.2. The number of rotatable bonds is 9. The van der Waals surface area contributed by atoms with E-state index < -0.39 is 23.6 Å². The van der Waals surface area contributed by atoms with Gasteiger partial charge in [-0.05, 0) is 68.6 Å². The molecule has 1 saturated heterocycles. The van der Waals surface area contributed by atoms with Crippen LogP contribution in [0.25, 0.3) is 5.65 Å². The third-order valence-corrected chi connectivity index (χ3v) is 7.81. The molecule has 1 aromatic carbocycles. The third-order valence-electron chi connectivity index (χ3n) is 6.99. The number of hydrogen-bond acceptors (Lipinski definition) is 7. The monoisotopic (exact) mass is 590 g/mol. The lowest BCUT2D eigenvalue weighted by Crippen LogP contribution is -2.46. The number of pyridine rings is 1. The minimum atomic E-state index is -4.55. The zero-order chi connectivity index (χ0) is 29.1. The average Bonchev–Trinajstić information content (AvgIpc) is 3.71. The number of imidazole rings is 1. The molecule has 8 nitrogen and oxygen atoms in total. The maximum Gasteiger partial charge on any atom is 0.447 e. The second-order valence-electron chi connectivity index (χ2n) is 10.2. The van der Waals surface area contributed by atoms with E-state index in [1.165, 1.54) is 10.6 Å². The van der Waals surface area contributed by atoms with Gasteiger partial charge in [0.25, 0.3) is 0 Å². The number of hydrogen-bond donors (Lipinski definition) is 2. The molecule has 3 heterocycles. The zero-order valence-corrected chi connectivity index (χ0v) is 23.1. The van der Waals surface area contributed by atoms with Gasteiger partial charge in [0.2, 0.25) is 5.91 Å². The van der Waals surface area contributed by atoms with Gasteiger partial charge in [0.15, 0.2) is 5.65 Å². The summed E-state index contributed by atoms with van der Waals surface area (Å²) in [6.45, 7) is 1.47. The quantitative estimate of drug-likeness (QED) is 0.166. The van der Waals surface area contributed by atoms with E-state index in [1.807, 2.05) is 16.8 Å². The summed E-state index contributed by atoms with van der Waals surface area (Å²) in [7, 11) is 1.85. The molecule has 1 saturated carbocycles. The second kappa shape index (κ2) is 12.2. The summed E-state index contributed by atoms with van der Waals surface area (Å²) in [6.07, 6.45) is 2.88. The summed E-state index contributed by atoms with van der Waals surface area (Å²) in [5.41, 5.74) is 1.81. The number of fused-ring (bicyclic) bond motifs is 1. The van der Waals surface area contributed by atoms with Crippen LogP contribution in [-0.2, 0) is 0 Å². The first kappa shape index (κ1) is 29.0. The lowest BCUT2D eigenvalue weighted by molar-refractivity contribution is -0.0330. The van der Waals surface area contributed by atoms with Crippen LogP contribution >= 0.6 is 11.8 Å². The SMILES string of the molecule is CN1CC[C@@H](Nc2cccn3c(SC(F)(F)F)c(C#CCN(COc4ccc(C(N)=O)cc4)C4CC4)nc23)[C@@H](F)C1. The molecular formula is C28H30F4N6O2S. The molecule has 13 heteroatoms. The van der Waals surface area contributed by atoms with Crippen LogP contribution in [0.1, 0.15) is 35.3 Å². The number of piperidine rings is 1. The number of carbonyl (C=O) groups is 1. The molecule has 0 radical (unpaired) electrons. The lowest BCUT2D eigenvalue weighted by atomic mass is 10.0. The van der Waals surface area contributed by atoms with Crippen LogP contribution in [0, 0.1) is 11.8 Å². The Labute approximate surface area is 239 Å². The Morgan fingerprint density at radius 2 is 2.00 bits per heavy atom. The number of amides is 1. The fraction of sp³-hybridized carbons (Fsp3) is 0.429. The molecule has 1 amide bonds. The smallest absolute Gasteiger partial charge is 0.447 e. The Morgan fingerprint density at radius 3 is 2.66 bits per heavy atom. The number of ether oxygens (including phenoxy) is 1. The van der Waals surface area contributed by atoms with Crippen molar-refractivity contribution in [3.63, 3.8) is 0 Å². The molecule has 5 rings (SSSR count). The first-order chi connectivity index (χ1) is 19.6. The summed E-state index contributed by atoms with van der Waals surface area (Å²) in [5.74, 6) is 5.84. The van der Waals surface area contributed by atoms with E-state index in [2.05, 4.69) is 22.1 Å². The summed E-state index contributed by atoms with van der Waals surface area (Å²) >= 11 is -0.274. The molecule has 2 aliphatic rings. The Balaban J connectivity index is 1.35. The van der Waals surface area contributed by atoms with E-state index in [-0.39, 0.29) is 54.0 Å². The molecular weight excluding hydrogens is 560 g/mol. The molecule has 2 fully saturated rings. The van der Waals surface area contributed by atoms with Gasteiger partial charge in [0.05, 0.1) is 18.3 Å². The Bertz CT molecular complexity index is 1450. The van der Waals surface area contributed by atoms with E-state index in [1.54, 1.807) is 36.4 Å². The summed E-state index contributed by atoms with van der Waals surface area (Å²) in [5, 5.41) is 3.02. The van der Waals surface area contributed by atoms with Crippen molar-refractivity contribution in [2.75, 3.05) is 38.7 Å². The molecule has 218 valence electrons. The molecule has 3 aromatic rings. The van der Waals surface area contributed by atoms with Crippen LogP contribution in [0.15, 0.2) is 47.6 Å². The van der Waals surface area contributed by atoms with Gasteiger partial charge in [0.1, 0.15) is 29.4 Å². The van der Waals surface area contributed by atoms with E-state index in [0.29, 0.717) is 30.0 Å². The van der Waals surface area contributed by atoms with Crippen LogP contribution in [-0.4, -0.2) is 82.3 Å². The molecule has 0 unspecified atom stereocenters. The number of primary amides is 1. The molecule has 0 bridgehead atoms. The molecule has 0 spiro atoms. The number of anilines is 1. The van der Waals surface area contributed by atoms with Crippen molar-refractivity contribution in [1.29, 1.82) is 0 Å². The minimum absolute atomic E-state index is 0.000423. The van der Waals surface area contributed by atoms with Crippen molar-refractivity contribution in [2.24, 2.45) is 5.73 Å². The van der Waals surface area contributed by atoms with Crippen LogP contribution in [0.3, 0.4) is 0 Å². The van der Waals surface area contributed by atoms with Gasteiger partial charge < -0.3 is 20.7 Å². The van der Waals surface area contributed by atoms with Crippen LogP contribution < -0.4 is 15.8 Å². The zero-order valence-electron chi connectivity index (χ0n) is 22.3. The topological polar surface area (TPSA) is 88.1 Å². The number of nitrogens with zero attached hydrogens (tertiary/aromatic N) is 4. The predicted octanol–water partition coefficient (Wildman–Crippen LogP) is 4.35. The highest BCUT2D eigenvalue weighted by molar-refractivity contribution is 8.00. The van der Waals surface area contributed by atoms with Gasteiger partial charge >= 0.3 is 5.51 Å². The summed E-state index contributed by atoms with van der Waals surface area (Å²) in [6, 6.07) is 9.54. The number of carbonyl (C=O) groups excluding carboxylic acids is 1. The van der Waals surface area contributed by atoms with Crippen molar-refractivity contribution < 1.29 is 27.1 Å². The molecule has 2 atom stereocenters. The highest BCUT2D eigenvalue weighted by Crippen LogP contribution is 2.39. The van der Waals surface area contributed by atoms with E-state index in [0.717, 1.165) is 12.8 Å². The minimum Gasteiger partial charge on any atom is -0.478 e. The largest absolute Gasteiger partial charge is 0.478 e. The van der Waals surface area contributed by atoms with E-state index in [9.17, 15) is 22.4 Å². The van der Waals surface area contributed by atoms with E-state index in [4.69, 9.17) is 10.5 Å². The van der Waals surface area contributed by atoms with Gasteiger partial charge in [-0.1, -0.05) is 5.92 Å². The highest BCUT2D eigenvalue weighted by atomic mass is 32.2.